The van der Waals surface area contributed by atoms with Gasteiger partial charge in [-0.3, -0.25) is 0 Å². The van der Waals surface area contributed by atoms with E-state index in [1.165, 1.54) is 44.2 Å². The lowest BCUT2D eigenvalue weighted by molar-refractivity contribution is 0.283. The summed E-state index contributed by atoms with van der Waals surface area (Å²) in [7, 11) is 0. The number of unbranched alkanes of at least 4 members (excludes halogenated alkanes) is 7. The average molecular weight is 256 g/mol. The Kier molecular flexibility index (Phi) is 14.0. The van der Waals surface area contributed by atoms with E-state index in [4.69, 9.17) is 5.11 Å². The molecule has 18 heavy (non-hydrogen) atoms. The number of aliphatic hydroxyl groups is 1. The van der Waals surface area contributed by atoms with Crippen LogP contribution in [0.15, 0.2) is 5.10 Å². The fourth-order valence-electron chi connectivity index (χ4n) is 1.90. The predicted octanol–water partition coefficient (Wildman–Crippen LogP) is 3.87. The Labute approximate surface area is 113 Å². The molecule has 108 valence electrons. The van der Waals surface area contributed by atoms with Crippen molar-refractivity contribution in [2.75, 3.05) is 13.2 Å². The summed E-state index contributed by atoms with van der Waals surface area (Å²) in [5, 5.41) is 13.0. The molecule has 0 rings (SSSR count). The molecule has 0 aliphatic carbocycles. The fourth-order valence-corrected chi connectivity index (χ4v) is 1.90. The molecule has 0 saturated carbocycles. The molecule has 2 N–H and O–H groups in total. The van der Waals surface area contributed by atoms with Crippen LogP contribution in [-0.2, 0) is 0 Å². The summed E-state index contributed by atoms with van der Waals surface area (Å²) >= 11 is 0. The maximum Gasteiger partial charge on any atom is 0.0431 e. The van der Waals surface area contributed by atoms with Crippen molar-refractivity contribution in [3.63, 3.8) is 0 Å². The van der Waals surface area contributed by atoms with Crippen LogP contribution < -0.4 is 5.43 Å². The summed E-state index contributed by atoms with van der Waals surface area (Å²) in [4.78, 5) is 0. The summed E-state index contributed by atoms with van der Waals surface area (Å²) in [6.45, 7) is 5.64. The lowest BCUT2D eigenvalue weighted by Crippen LogP contribution is -2.10. The van der Waals surface area contributed by atoms with Gasteiger partial charge in [0.2, 0.25) is 0 Å². The first-order valence-corrected chi connectivity index (χ1v) is 7.68. The van der Waals surface area contributed by atoms with Gasteiger partial charge in [0.15, 0.2) is 0 Å². The molecule has 0 bridgehead atoms. The van der Waals surface area contributed by atoms with Crippen molar-refractivity contribution in [1.29, 1.82) is 0 Å². The van der Waals surface area contributed by atoms with E-state index >= 15 is 0 Å². The van der Waals surface area contributed by atoms with E-state index in [-0.39, 0.29) is 0 Å². The molecule has 3 heteroatoms. The van der Waals surface area contributed by atoms with Crippen LogP contribution >= 0.6 is 0 Å². The number of hydrogen-bond donors (Lipinski definition) is 2. The topological polar surface area (TPSA) is 44.6 Å². The summed E-state index contributed by atoms with van der Waals surface area (Å²) < 4.78 is 0. The highest BCUT2D eigenvalue weighted by molar-refractivity contribution is 5.81. The highest BCUT2D eigenvalue weighted by Crippen LogP contribution is 2.04. The molecule has 0 unspecified atom stereocenters. The third kappa shape index (κ3) is 13.5. The second-order valence-corrected chi connectivity index (χ2v) is 5.06. The van der Waals surface area contributed by atoms with Crippen LogP contribution in [0.4, 0.5) is 0 Å². The zero-order chi connectivity index (χ0) is 13.5. The van der Waals surface area contributed by atoms with Crippen molar-refractivity contribution in [3.8, 4) is 0 Å². The molecular weight excluding hydrogens is 224 g/mol. The van der Waals surface area contributed by atoms with Gasteiger partial charge in [-0.25, -0.2) is 0 Å². The molecule has 0 aliphatic heterocycles. The molecule has 3 nitrogen and oxygen atoms in total. The van der Waals surface area contributed by atoms with Gasteiger partial charge in [-0.1, -0.05) is 45.4 Å². The summed E-state index contributed by atoms with van der Waals surface area (Å²) in [5.41, 5.74) is 4.34. The summed E-state index contributed by atoms with van der Waals surface area (Å²) in [6.07, 6.45) is 12.2. The first kappa shape index (κ1) is 17.4. The Bertz CT molecular complexity index is 193. The Morgan fingerprint density at radius 1 is 0.944 bits per heavy atom. The quantitative estimate of drug-likeness (QED) is 0.298. The van der Waals surface area contributed by atoms with Crippen LogP contribution in [0.25, 0.3) is 0 Å². The second kappa shape index (κ2) is 14.5. The second-order valence-electron chi connectivity index (χ2n) is 5.06. The minimum Gasteiger partial charge on any atom is -0.396 e. The molecule has 0 aliphatic rings. The van der Waals surface area contributed by atoms with Crippen molar-refractivity contribution in [2.24, 2.45) is 5.10 Å². The van der Waals surface area contributed by atoms with Gasteiger partial charge in [0.25, 0.3) is 0 Å². The molecule has 0 heterocycles. The van der Waals surface area contributed by atoms with E-state index in [1.807, 2.05) is 0 Å². The van der Waals surface area contributed by atoms with Gasteiger partial charge in [-0.2, -0.15) is 5.10 Å². The Balaban J connectivity index is 3.23. The number of nitrogens with zero attached hydrogens (tertiary/aromatic N) is 1. The molecule has 0 aromatic carbocycles. The van der Waals surface area contributed by atoms with Gasteiger partial charge in [0.1, 0.15) is 0 Å². The SMILES string of the molecule is CCCCCCCCN/N=C(\C)CCCCCO. The third-order valence-electron chi connectivity index (χ3n) is 3.11. The summed E-state index contributed by atoms with van der Waals surface area (Å²) in [5.74, 6) is 0. The molecule has 0 fully saturated rings. The van der Waals surface area contributed by atoms with E-state index in [0.29, 0.717) is 6.61 Å². The van der Waals surface area contributed by atoms with Gasteiger partial charge in [-0.15, -0.1) is 0 Å². The number of hydrogen-bond acceptors (Lipinski definition) is 3. The first-order valence-electron chi connectivity index (χ1n) is 7.68. The minimum absolute atomic E-state index is 0.312. The van der Waals surface area contributed by atoms with Gasteiger partial charge >= 0.3 is 0 Å². The van der Waals surface area contributed by atoms with Crippen LogP contribution in [-0.4, -0.2) is 24.0 Å². The van der Waals surface area contributed by atoms with Crippen LogP contribution in [0.3, 0.4) is 0 Å². The van der Waals surface area contributed by atoms with Gasteiger partial charge in [-0.05, 0) is 32.6 Å². The van der Waals surface area contributed by atoms with E-state index < -0.39 is 0 Å². The zero-order valence-corrected chi connectivity index (χ0v) is 12.4. The maximum absolute atomic E-state index is 8.67. The highest BCUT2D eigenvalue weighted by Gasteiger charge is 1.93. The van der Waals surface area contributed by atoms with Gasteiger partial charge in [0.05, 0.1) is 0 Å². The number of rotatable bonds is 13. The van der Waals surface area contributed by atoms with Crippen LogP contribution in [0.5, 0.6) is 0 Å². The Hall–Kier alpha value is -0.570. The Morgan fingerprint density at radius 2 is 1.61 bits per heavy atom. The van der Waals surface area contributed by atoms with E-state index in [1.54, 1.807) is 0 Å². The van der Waals surface area contributed by atoms with Crippen LogP contribution in [0.2, 0.25) is 0 Å². The largest absolute Gasteiger partial charge is 0.396 e. The molecule has 0 aromatic rings. The molecule has 0 aromatic heterocycles. The summed E-state index contributed by atoms with van der Waals surface area (Å²) in [6, 6.07) is 0. The smallest absolute Gasteiger partial charge is 0.0431 e. The fraction of sp³-hybridized carbons (Fsp3) is 0.933. The standard InChI is InChI=1S/C15H32N2O/c1-3-4-5-6-7-10-13-16-17-15(2)12-9-8-11-14-18/h16,18H,3-14H2,1-2H3/b17-15+. The molecular formula is C15H32N2O. The van der Waals surface area contributed by atoms with E-state index in [0.717, 1.165) is 32.2 Å². The normalized spacial score (nSPS) is 11.8. The highest BCUT2D eigenvalue weighted by atomic mass is 16.2. The molecule has 0 atom stereocenters. The molecule has 0 amide bonds. The third-order valence-corrected chi connectivity index (χ3v) is 3.11. The minimum atomic E-state index is 0.312. The monoisotopic (exact) mass is 256 g/mol. The van der Waals surface area contributed by atoms with E-state index in [2.05, 4.69) is 24.4 Å². The van der Waals surface area contributed by atoms with Gasteiger partial charge < -0.3 is 10.5 Å². The number of aliphatic hydroxyl groups excluding tert-OH is 1. The predicted molar refractivity (Wildman–Crippen MR) is 80.0 cm³/mol. The van der Waals surface area contributed by atoms with Crippen molar-refractivity contribution in [3.05, 3.63) is 0 Å². The first-order chi connectivity index (χ1) is 8.81. The van der Waals surface area contributed by atoms with Crippen molar-refractivity contribution < 1.29 is 5.11 Å². The zero-order valence-electron chi connectivity index (χ0n) is 12.4. The lowest BCUT2D eigenvalue weighted by Gasteiger charge is -2.03. The van der Waals surface area contributed by atoms with Crippen LogP contribution in [0, 0.1) is 0 Å². The lowest BCUT2D eigenvalue weighted by atomic mass is 10.1. The number of nitrogens with one attached hydrogen (secondary N) is 1. The van der Waals surface area contributed by atoms with E-state index in [9.17, 15) is 0 Å². The molecule has 0 saturated heterocycles. The maximum atomic E-state index is 8.67. The molecule has 0 spiro atoms. The van der Waals surface area contributed by atoms with Crippen molar-refractivity contribution in [2.45, 2.75) is 78.1 Å². The average Bonchev–Trinajstić information content (AvgIpc) is 2.38. The molecule has 0 radical (unpaired) electrons. The van der Waals surface area contributed by atoms with Crippen LogP contribution in [0.1, 0.15) is 78.1 Å². The number of hydrazone groups is 1. The Morgan fingerprint density at radius 3 is 2.33 bits per heavy atom. The van der Waals surface area contributed by atoms with Crippen molar-refractivity contribution in [1.82, 2.24) is 5.43 Å². The van der Waals surface area contributed by atoms with Gasteiger partial charge in [0, 0.05) is 18.9 Å². The van der Waals surface area contributed by atoms with Crippen molar-refractivity contribution >= 4 is 5.71 Å².